The minimum atomic E-state index is -0.133. The van der Waals surface area contributed by atoms with Gasteiger partial charge in [-0.1, -0.05) is 23.7 Å². The number of anilines is 1. The van der Waals surface area contributed by atoms with Crippen molar-refractivity contribution in [2.45, 2.75) is 6.42 Å². The lowest BCUT2D eigenvalue weighted by molar-refractivity contribution is -0.115. The number of aromatic nitrogens is 1. The standard InChI is InChI=1S/C17H12ClN3O/c18-13-4-5-15-12(10-20-16(15)8-13)7-17(22)21-14-3-1-2-11(6-14)9-19/h1-6,8,10,20H,7H2,(H,21,22). The number of fused-ring (bicyclic) bond motifs is 1. The predicted octanol–water partition coefficient (Wildman–Crippen LogP) is 3.87. The van der Waals surface area contributed by atoms with Crippen molar-refractivity contribution in [1.82, 2.24) is 4.98 Å². The summed E-state index contributed by atoms with van der Waals surface area (Å²) in [6.07, 6.45) is 2.06. The summed E-state index contributed by atoms with van der Waals surface area (Å²) >= 11 is 5.94. The fourth-order valence-electron chi connectivity index (χ4n) is 2.35. The molecule has 0 aliphatic carbocycles. The lowest BCUT2D eigenvalue weighted by atomic mass is 10.1. The molecule has 2 N–H and O–H groups in total. The third-order valence-electron chi connectivity index (χ3n) is 3.36. The van der Waals surface area contributed by atoms with E-state index in [0.717, 1.165) is 16.5 Å². The van der Waals surface area contributed by atoms with Crippen LogP contribution in [0.3, 0.4) is 0 Å². The summed E-state index contributed by atoms with van der Waals surface area (Å²) in [6.45, 7) is 0. The summed E-state index contributed by atoms with van der Waals surface area (Å²) in [6, 6.07) is 14.4. The highest BCUT2D eigenvalue weighted by molar-refractivity contribution is 6.31. The molecule has 4 nitrogen and oxygen atoms in total. The summed E-state index contributed by atoms with van der Waals surface area (Å²) in [5.74, 6) is -0.133. The summed E-state index contributed by atoms with van der Waals surface area (Å²) in [4.78, 5) is 15.3. The minimum Gasteiger partial charge on any atom is -0.361 e. The van der Waals surface area contributed by atoms with E-state index in [1.807, 2.05) is 24.4 Å². The van der Waals surface area contributed by atoms with Crippen LogP contribution >= 0.6 is 11.6 Å². The number of rotatable bonds is 3. The van der Waals surface area contributed by atoms with E-state index in [2.05, 4.69) is 10.3 Å². The second kappa shape index (κ2) is 5.92. The molecule has 1 aromatic heterocycles. The second-order valence-corrected chi connectivity index (χ2v) is 5.36. The molecular weight excluding hydrogens is 298 g/mol. The van der Waals surface area contributed by atoms with Crippen LogP contribution in [-0.4, -0.2) is 10.9 Å². The number of benzene rings is 2. The normalized spacial score (nSPS) is 10.4. The number of aromatic amines is 1. The van der Waals surface area contributed by atoms with E-state index in [4.69, 9.17) is 16.9 Å². The predicted molar refractivity (Wildman–Crippen MR) is 86.8 cm³/mol. The Bertz CT molecular complexity index is 892. The van der Waals surface area contributed by atoms with Crippen LogP contribution < -0.4 is 5.32 Å². The number of amides is 1. The van der Waals surface area contributed by atoms with Gasteiger partial charge >= 0.3 is 0 Å². The first kappa shape index (κ1) is 14.2. The minimum absolute atomic E-state index is 0.133. The number of nitriles is 1. The molecule has 108 valence electrons. The molecule has 0 aliphatic rings. The third-order valence-corrected chi connectivity index (χ3v) is 3.59. The maximum atomic E-state index is 12.2. The van der Waals surface area contributed by atoms with Gasteiger partial charge in [-0.05, 0) is 35.9 Å². The van der Waals surface area contributed by atoms with Crippen LogP contribution in [0.25, 0.3) is 10.9 Å². The summed E-state index contributed by atoms with van der Waals surface area (Å²) < 4.78 is 0. The molecule has 3 aromatic rings. The Labute approximate surface area is 132 Å². The summed E-state index contributed by atoms with van der Waals surface area (Å²) in [7, 11) is 0. The summed E-state index contributed by atoms with van der Waals surface area (Å²) in [5.41, 5.74) is 2.94. The van der Waals surface area contributed by atoms with Crippen molar-refractivity contribution in [3.8, 4) is 6.07 Å². The molecule has 0 spiro atoms. The van der Waals surface area contributed by atoms with Gasteiger partial charge in [-0.3, -0.25) is 4.79 Å². The van der Waals surface area contributed by atoms with Gasteiger partial charge in [0, 0.05) is 27.8 Å². The van der Waals surface area contributed by atoms with Gasteiger partial charge in [0.25, 0.3) is 0 Å². The van der Waals surface area contributed by atoms with Crippen LogP contribution in [0.4, 0.5) is 5.69 Å². The molecule has 0 radical (unpaired) electrons. The Hall–Kier alpha value is -2.77. The van der Waals surface area contributed by atoms with Crippen LogP contribution in [0.2, 0.25) is 5.02 Å². The van der Waals surface area contributed by atoms with Crippen molar-refractivity contribution in [2.75, 3.05) is 5.32 Å². The molecule has 0 aliphatic heterocycles. The van der Waals surface area contributed by atoms with E-state index in [0.29, 0.717) is 16.3 Å². The van der Waals surface area contributed by atoms with Crippen molar-refractivity contribution < 1.29 is 4.79 Å². The van der Waals surface area contributed by atoms with Gasteiger partial charge in [0.1, 0.15) is 0 Å². The third kappa shape index (κ3) is 2.95. The SMILES string of the molecule is N#Cc1cccc(NC(=O)Cc2c[nH]c3cc(Cl)ccc23)c1. The highest BCUT2D eigenvalue weighted by atomic mass is 35.5. The first-order chi connectivity index (χ1) is 10.7. The molecular formula is C17H12ClN3O. The highest BCUT2D eigenvalue weighted by Crippen LogP contribution is 2.22. The molecule has 0 unspecified atom stereocenters. The Morgan fingerprint density at radius 3 is 2.95 bits per heavy atom. The average molecular weight is 310 g/mol. The first-order valence-corrected chi connectivity index (χ1v) is 7.09. The van der Waals surface area contributed by atoms with E-state index in [-0.39, 0.29) is 12.3 Å². The van der Waals surface area contributed by atoms with Crippen LogP contribution in [0.15, 0.2) is 48.7 Å². The fourth-order valence-corrected chi connectivity index (χ4v) is 2.52. The molecule has 2 aromatic carbocycles. The molecule has 22 heavy (non-hydrogen) atoms. The number of hydrogen-bond acceptors (Lipinski definition) is 2. The molecule has 5 heteroatoms. The zero-order valence-electron chi connectivity index (χ0n) is 11.6. The molecule has 1 heterocycles. The zero-order chi connectivity index (χ0) is 15.5. The molecule has 3 rings (SSSR count). The number of carbonyl (C=O) groups excluding carboxylic acids is 1. The number of halogens is 1. The van der Waals surface area contributed by atoms with Gasteiger partial charge in [0.2, 0.25) is 5.91 Å². The number of hydrogen-bond donors (Lipinski definition) is 2. The molecule has 0 bridgehead atoms. The van der Waals surface area contributed by atoms with E-state index in [9.17, 15) is 4.79 Å². The van der Waals surface area contributed by atoms with Crippen LogP contribution in [0.5, 0.6) is 0 Å². The average Bonchev–Trinajstić information content (AvgIpc) is 2.89. The van der Waals surface area contributed by atoms with Gasteiger partial charge in [-0.15, -0.1) is 0 Å². The smallest absolute Gasteiger partial charge is 0.228 e. The van der Waals surface area contributed by atoms with Crippen molar-refractivity contribution in [1.29, 1.82) is 5.26 Å². The number of carbonyl (C=O) groups is 1. The fraction of sp³-hybridized carbons (Fsp3) is 0.0588. The highest BCUT2D eigenvalue weighted by Gasteiger charge is 2.09. The number of nitrogens with one attached hydrogen (secondary N) is 2. The monoisotopic (exact) mass is 309 g/mol. The quantitative estimate of drug-likeness (QED) is 0.771. The maximum Gasteiger partial charge on any atom is 0.228 e. The van der Waals surface area contributed by atoms with Gasteiger partial charge in [-0.25, -0.2) is 0 Å². The van der Waals surface area contributed by atoms with Gasteiger partial charge in [-0.2, -0.15) is 5.26 Å². The van der Waals surface area contributed by atoms with Crippen molar-refractivity contribution in [3.63, 3.8) is 0 Å². The van der Waals surface area contributed by atoms with Crippen molar-refractivity contribution >= 4 is 34.1 Å². The second-order valence-electron chi connectivity index (χ2n) is 4.92. The molecule has 0 fully saturated rings. The van der Waals surface area contributed by atoms with Gasteiger partial charge in [0.05, 0.1) is 18.1 Å². The lowest BCUT2D eigenvalue weighted by Crippen LogP contribution is -2.14. The zero-order valence-corrected chi connectivity index (χ0v) is 12.3. The topological polar surface area (TPSA) is 68.7 Å². The van der Waals surface area contributed by atoms with Gasteiger partial charge < -0.3 is 10.3 Å². The van der Waals surface area contributed by atoms with Crippen molar-refractivity contribution in [2.24, 2.45) is 0 Å². The Morgan fingerprint density at radius 2 is 2.14 bits per heavy atom. The molecule has 1 amide bonds. The summed E-state index contributed by atoms with van der Waals surface area (Å²) in [5, 5.41) is 13.3. The molecule has 0 atom stereocenters. The number of nitrogens with zero attached hydrogens (tertiary/aromatic N) is 1. The Balaban J connectivity index is 1.77. The number of H-pyrrole nitrogens is 1. The Morgan fingerprint density at radius 1 is 1.27 bits per heavy atom. The van der Waals surface area contributed by atoms with Crippen LogP contribution in [-0.2, 0) is 11.2 Å². The van der Waals surface area contributed by atoms with E-state index in [1.165, 1.54) is 0 Å². The van der Waals surface area contributed by atoms with Crippen LogP contribution in [0, 0.1) is 11.3 Å². The van der Waals surface area contributed by atoms with E-state index in [1.54, 1.807) is 30.3 Å². The first-order valence-electron chi connectivity index (χ1n) is 6.71. The largest absolute Gasteiger partial charge is 0.361 e. The van der Waals surface area contributed by atoms with Crippen molar-refractivity contribution in [3.05, 3.63) is 64.8 Å². The molecule has 0 saturated carbocycles. The van der Waals surface area contributed by atoms with Gasteiger partial charge in [0.15, 0.2) is 0 Å². The molecule has 0 saturated heterocycles. The van der Waals surface area contributed by atoms with Crippen LogP contribution in [0.1, 0.15) is 11.1 Å². The lowest BCUT2D eigenvalue weighted by Gasteiger charge is -2.05. The van der Waals surface area contributed by atoms with E-state index < -0.39 is 0 Å². The Kier molecular flexibility index (Phi) is 3.82. The maximum absolute atomic E-state index is 12.2. The van der Waals surface area contributed by atoms with E-state index >= 15 is 0 Å².